The number of aromatic nitrogens is 1. The first-order valence-corrected chi connectivity index (χ1v) is 12.0. The fourth-order valence-electron chi connectivity index (χ4n) is 3.17. The molecule has 7 nitrogen and oxygen atoms in total. The van der Waals surface area contributed by atoms with Gasteiger partial charge in [0, 0.05) is 39.7 Å². The minimum absolute atomic E-state index is 0.377. The van der Waals surface area contributed by atoms with Crippen LogP contribution >= 0.6 is 15.9 Å². The number of sulfonamides is 1. The Kier molecular flexibility index (Phi) is 6.66. The number of amides is 1. The lowest BCUT2D eigenvalue weighted by atomic mass is 10.2. The van der Waals surface area contributed by atoms with E-state index in [1.54, 1.807) is 30.5 Å². The minimum Gasteiger partial charge on any atom is -0.318 e. The van der Waals surface area contributed by atoms with Gasteiger partial charge in [0.1, 0.15) is 0 Å². The zero-order valence-corrected chi connectivity index (χ0v) is 20.0. The van der Waals surface area contributed by atoms with Crippen molar-refractivity contribution in [2.75, 3.05) is 17.6 Å². The highest BCUT2D eigenvalue weighted by Crippen LogP contribution is 2.22. The van der Waals surface area contributed by atoms with E-state index in [0.29, 0.717) is 11.3 Å². The maximum absolute atomic E-state index is 12.4. The van der Waals surface area contributed by atoms with Crippen molar-refractivity contribution in [3.05, 3.63) is 81.6 Å². The normalized spacial score (nSPS) is 11.6. The Morgan fingerprint density at radius 3 is 2.42 bits per heavy atom. The Labute approximate surface area is 190 Å². The van der Waals surface area contributed by atoms with E-state index in [4.69, 9.17) is 0 Å². The van der Waals surface area contributed by atoms with Gasteiger partial charge in [-0.3, -0.25) is 9.10 Å². The molecule has 9 heteroatoms. The van der Waals surface area contributed by atoms with Gasteiger partial charge in [-0.2, -0.15) is 5.10 Å². The molecule has 31 heavy (non-hydrogen) atoms. The zero-order chi connectivity index (χ0) is 22.8. The van der Waals surface area contributed by atoms with Crippen LogP contribution in [0.4, 0.5) is 5.69 Å². The molecule has 0 fully saturated rings. The number of nitrogens with one attached hydrogen (secondary N) is 1. The van der Waals surface area contributed by atoms with Crippen molar-refractivity contribution in [3.63, 3.8) is 0 Å². The van der Waals surface area contributed by atoms with Crippen LogP contribution in [0.1, 0.15) is 27.3 Å². The predicted molar refractivity (Wildman–Crippen MR) is 128 cm³/mol. The van der Waals surface area contributed by atoms with Gasteiger partial charge in [-0.15, -0.1) is 0 Å². The molecule has 0 unspecified atom stereocenters. The lowest BCUT2D eigenvalue weighted by molar-refractivity contribution is 0.0955. The molecule has 162 valence electrons. The van der Waals surface area contributed by atoms with Gasteiger partial charge in [-0.1, -0.05) is 22.0 Å². The van der Waals surface area contributed by atoms with Crippen molar-refractivity contribution in [1.29, 1.82) is 0 Å². The summed E-state index contributed by atoms with van der Waals surface area (Å²) in [6.07, 6.45) is 2.73. The molecule has 0 bridgehead atoms. The van der Waals surface area contributed by atoms with Gasteiger partial charge in [0.05, 0.1) is 18.2 Å². The van der Waals surface area contributed by atoms with Crippen LogP contribution in [0.5, 0.6) is 0 Å². The van der Waals surface area contributed by atoms with Crippen LogP contribution in [0, 0.1) is 13.8 Å². The quantitative estimate of drug-likeness (QED) is 0.408. The highest BCUT2D eigenvalue weighted by atomic mass is 79.9. The molecule has 2 aromatic carbocycles. The summed E-state index contributed by atoms with van der Waals surface area (Å²) in [6, 6.07) is 16.3. The first-order chi connectivity index (χ1) is 14.6. The highest BCUT2D eigenvalue weighted by Gasteiger charge is 2.13. The third-order valence-electron chi connectivity index (χ3n) is 4.90. The summed E-state index contributed by atoms with van der Waals surface area (Å²) in [6.45, 7) is 4.01. The Hall–Kier alpha value is -2.91. The van der Waals surface area contributed by atoms with E-state index in [9.17, 15) is 13.2 Å². The number of hydrogen-bond donors (Lipinski definition) is 1. The molecule has 0 atom stereocenters. The second-order valence-electron chi connectivity index (χ2n) is 7.12. The van der Waals surface area contributed by atoms with Gasteiger partial charge in [-0.05, 0) is 62.4 Å². The van der Waals surface area contributed by atoms with Gasteiger partial charge < -0.3 is 4.57 Å². The molecular formula is C22H23BrN4O3S. The van der Waals surface area contributed by atoms with E-state index in [1.807, 2.05) is 44.2 Å². The first-order valence-electron chi connectivity index (χ1n) is 9.40. The number of hydrogen-bond acceptors (Lipinski definition) is 4. The van der Waals surface area contributed by atoms with Gasteiger partial charge in [0.2, 0.25) is 10.0 Å². The summed E-state index contributed by atoms with van der Waals surface area (Å²) < 4.78 is 27.5. The fraction of sp³-hybridized carbons (Fsp3) is 0.182. The predicted octanol–water partition coefficient (Wildman–Crippen LogP) is 4.02. The Morgan fingerprint density at radius 2 is 1.81 bits per heavy atom. The molecule has 1 amide bonds. The van der Waals surface area contributed by atoms with Crippen molar-refractivity contribution in [1.82, 2.24) is 9.99 Å². The molecular weight excluding hydrogens is 480 g/mol. The first kappa shape index (κ1) is 22.8. The van der Waals surface area contributed by atoms with Crippen LogP contribution in [0.25, 0.3) is 5.69 Å². The van der Waals surface area contributed by atoms with Crippen LogP contribution in [-0.4, -0.2) is 38.4 Å². The number of nitrogens with zero attached hydrogens (tertiary/aromatic N) is 3. The van der Waals surface area contributed by atoms with Gasteiger partial charge in [-0.25, -0.2) is 13.8 Å². The fourth-order valence-corrected chi connectivity index (χ4v) is 4.06. The minimum atomic E-state index is -3.36. The van der Waals surface area contributed by atoms with E-state index in [-0.39, 0.29) is 5.91 Å². The molecule has 0 radical (unpaired) electrons. The lowest BCUT2D eigenvalue weighted by Crippen LogP contribution is -2.25. The summed E-state index contributed by atoms with van der Waals surface area (Å²) in [5.41, 5.74) is 7.34. The molecule has 0 aliphatic heterocycles. The number of carbonyl (C=O) groups excluding carboxylic acids is 1. The second kappa shape index (κ2) is 9.07. The van der Waals surface area contributed by atoms with Crippen molar-refractivity contribution in [2.24, 2.45) is 5.10 Å². The Bertz CT molecular complexity index is 1250. The zero-order valence-electron chi connectivity index (χ0n) is 17.6. The molecule has 0 saturated carbocycles. The summed E-state index contributed by atoms with van der Waals surface area (Å²) in [7, 11) is -1.90. The van der Waals surface area contributed by atoms with Crippen molar-refractivity contribution < 1.29 is 13.2 Å². The van der Waals surface area contributed by atoms with E-state index in [0.717, 1.165) is 37.7 Å². The van der Waals surface area contributed by atoms with Crippen LogP contribution in [0.3, 0.4) is 0 Å². The van der Waals surface area contributed by atoms with E-state index < -0.39 is 10.0 Å². The third-order valence-corrected chi connectivity index (χ3v) is 6.60. The number of carbonyl (C=O) groups is 1. The highest BCUT2D eigenvalue weighted by molar-refractivity contribution is 9.10. The molecule has 0 saturated heterocycles. The molecule has 1 heterocycles. The number of rotatable bonds is 6. The average Bonchev–Trinajstić information content (AvgIpc) is 3.00. The molecule has 1 aromatic heterocycles. The van der Waals surface area contributed by atoms with Crippen LogP contribution < -0.4 is 9.73 Å². The van der Waals surface area contributed by atoms with Crippen LogP contribution in [0.15, 0.2) is 64.2 Å². The summed E-state index contributed by atoms with van der Waals surface area (Å²) >= 11 is 3.50. The van der Waals surface area contributed by atoms with Crippen LogP contribution in [0.2, 0.25) is 0 Å². The monoisotopic (exact) mass is 502 g/mol. The van der Waals surface area contributed by atoms with Gasteiger partial charge in [0.25, 0.3) is 5.91 Å². The number of anilines is 1. The maximum Gasteiger partial charge on any atom is 0.271 e. The molecule has 3 aromatic rings. The number of aryl methyl sites for hydroxylation is 1. The van der Waals surface area contributed by atoms with Gasteiger partial charge >= 0.3 is 0 Å². The smallest absolute Gasteiger partial charge is 0.271 e. The Morgan fingerprint density at radius 1 is 1.13 bits per heavy atom. The van der Waals surface area contributed by atoms with Crippen LogP contribution in [-0.2, 0) is 10.0 Å². The lowest BCUT2D eigenvalue weighted by Gasteiger charge is -2.16. The SMILES string of the molecule is Cc1cc(/C=N\NC(=O)c2ccc(N(C)S(C)(=O)=O)cc2)c(C)n1-c1cccc(Br)c1. The van der Waals surface area contributed by atoms with E-state index in [1.165, 1.54) is 7.05 Å². The van der Waals surface area contributed by atoms with Crippen molar-refractivity contribution in [2.45, 2.75) is 13.8 Å². The van der Waals surface area contributed by atoms with E-state index in [2.05, 4.69) is 31.0 Å². The maximum atomic E-state index is 12.4. The molecule has 0 aliphatic carbocycles. The van der Waals surface area contributed by atoms with Crippen molar-refractivity contribution >= 4 is 43.8 Å². The number of halogens is 1. The molecule has 0 spiro atoms. The average molecular weight is 503 g/mol. The molecule has 3 rings (SSSR count). The summed E-state index contributed by atoms with van der Waals surface area (Å²) in [5.74, 6) is -0.384. The third kappa shape index (κ3) is 5.23. The Balaban J connectivity index is 1.72. The second-order valence-corrected chi connectivity index (χ2v) is 10.0. The topological polar surface area (TPSA) is 83.8 Å². The van der Waals surface area contributed by atoms with E-state index >= 15 is 0 Å². The summed E-state index contributed by atoms with van der Waals surface area (Å²) in [5, 5.41) is 4.09. The standard InChI is InChI=1S/C22H23BrN4O3S/c1-15-12-18(16(2)27(15)21-7-5-6-19(23)13-21)14-24-25-22(28)17-8-10-20(11-9-17)26(3)31(4,29)30/h5-14H,1-4H3,(H,25,28)/b24-14-. The number of hydrazone groups is 1. The van der Waals surface area contributed by atoms with Crippen molar-refractivity contribution in [3.8, 4) is 5.69 Å². The largest absolute Gasteiger partial charge is 0.318 e. The number of benzene rings is 2. The summed E-state index contributed by atoms with van der Waals surface area (Å²) in [4.78, 5) is 12.4. The van der Waals surface area contributed by atoms with Gasteiger partial charge in [0.15, 0.2) is 0 Å². The molecule has 1 N–H and O–H groups in total. The molecule has 0 aliphatic rings.